The van der Waals surface area contributed by atoms with Crippen LogP contribution in [0.3, 0.4) is 0 Å². The summed E-state index contributed by atoms with van der Waals surface area (Å²) in [6, 6.07) is 14.6. The molecule has 1 aliphatic heterocycles. The normalized spacial score (nSPS) is 17.9. The average molecular weight is 459 g/mol. The van der Waals surface area contributed by atoms with Gasteiger partial charge in [-0.3, -0.25) is 9.30 Å². The maximum absolute atomic E-state index is 11.0. The van der Waals surface area contributed by atoms with Crippen LogP contribution in [0, 0.1) is 0 Å². The van der Waals surface area contributed by atoms with Gasteiger partial charge in [-0.25, -0.2) is 9.78 Å². The van der Waals surface area contributed by atoms with Gasteiger partial charge in [0.15, 0.2) is 11.5 Å². The lowest BCUT2D eigenvalue weighted by Crippen LogP contribution is -2.36. The fourth-order valence-corrected chi connectivity index (χ4v) is 4.85. The molecule has 34 heavy (non-hydrogen) atoms. The number of amides is 1. The van der Waals surface area contributed by atoms with Crippen LogP contribution in [0.5, 0.6) is 0 Å². The number of likely N-dealkylation sites (tertiary alicyclic amines) is 1. The number of fused-ring (bicyclic) bond motifs is 2. The first-order valence-electron chi connectivity index (χ1n) is 11.7. The van der Waals surface area contributed by atoms with Crippen LogP contribution in [0.25, 0.3) is 28.1 Å². The Balaban J connectivity index is 1.50. The Morgan fingerprint density at radius 3 is 2.74 bits per heavy atom. The van der Waals surface area contributed by atoms with Gasteiger partial charge in [-0.2, -0.15) is 0 Å². The molecular formula is C26H30N6O2. The van der Waals surface area contributed by atoms with E-state index in [4.69, 9.17) is 10.1 Å². The molecule has 0 radical (unpaired) electrons. The van der Waals surface area contributed by atoms with Crippen LogP contribution in [0.2, 0.25) is 0 Å². The molecule has 8 heteroatoms. The minimum atomic E-state index is -0.965. The number of nitrogens with one attached hydrogen (secondary N) is 1. The fraction of sp³-hybridized carbons (Fsp3) is 0.385. The van der Waals surface area contributed by atoms with E-state index < -0.39 is 6.09 Å². The van der Waals surface area contributed by atoms with Gasteiger partial charge in [0.25, 0.3) is 0 Å². The maximum atomic E-state index is 11.0. The van der Waals surface area contributed by atoms with Gasteiger partial charge in [0, 0.05) is 36.8 Å². The predicted molar refractivity (Wildman–Crippen MR) is 132 cm³/mol. The first-order chi connectivity index (χ1) is 16.2. The van der Waals surface area contributed by atoms with Gasteiger partial charge in [-0.1, -0.05) is 51.1 Å². The van der Waals surface area contributed by atoms with Crippen LogP contribution in [0.4, 0.5) is 4.79 Å². The highest BCUT2D eigenvalue weighted by molar-refractivity contribution is 5.84. The number of nitrogens with zero attached hydrogens (tertiary/aromatic N) is 5. The van der Waals surface area contributed by atoms with Crippen LogP contribution in [-0.2, 0) is 5.41 Å². The third kappa shape index (κ3) is 4.09. The summed E-state index contributed by atoms with van der Waals surface area (Å²) in [5, 5.41) is 21.6. The van der Waals surface area contributed by atoms with Gasteiger partial charge in [0.2, 0.25) is 0 Å². The third-order valence-corrected chi connectivity index (χ3v) is 6.76. The van der Waals surface area contributed by atoms with Gasteiger partial charge in [-0.15, -0.1) is 10.2 Å². The van der Waals surface area contributed by atoms with Gasteiger partial charge in [0.05, 0.1) is 5.52 Å². The lowest BCUT2D eigenvalue weighted by Gasteiger charge is -2.24. The van der Waals surface area contributed by atoms with Crippen molar-refractivity contribution in [2.75, 3.05) is 13.1 Å². The summed E-state index contributed by atoms with van der Waals surface area (Å²) in [6.45, 7) is 10.3. The molecule has 1 unspecified atom stereocenters. The van der Waals surface area contributed by atoms with E-state index in [9.17, 15) is 4.79 Å². The number of rotatable bonds is 4. The molecule has 1 aliphatic rings. The van der Waals surface area contributed by atoms with Crippen molar-refractivity contribution in [2.45, 2.75) is 51.6 Å². The minimum Gasteiger partial charge on any atom is -0.465 e. The summed E-state index contributed by atoms with van der Waals surface area (Å²) in [7, 11) is 0. The van der Waals surface area contributed by atoms with E-state index in [-0.39, 0.29) is 17.5 Å². The monoisotopic (exact) mass is 458 g/mol. The topological polar surface area (TPSA) is 95.7 Å². The summed E-state index contributed by atoms with van der Waals surface area (Å²) < 4.78 is 2.00. The lowest BCUT2D eigenvalue weighted by atomic mass is 9.85. The number of carbonyl (C=O) groups is 1. The van der Waals surface area contributed by atoms with E-state index in [0.29, 0.717) is 12.4 Å². The van der Waals surface area contributed by atoms with Crippen LogP contribution >= 0.6 is 0 Å². The second-order valence-electron chi connectivity index (χ2n) is 10.1. The first-order valence-corrected chi connectivity index (χ1v) is 11.7. The Bertz CT molecular complexity index is 1370. The molecule has 1 amide bonds. The molecule has 0 saturated carbocycles. The van der Waals surface area contributed by atoms with Crippen LogP contribution in [-0.4, -0.2) is 54.8 Å². The Morgan fingerprint density at radius 1 is 1.15 bits per heavy atom. The smallest absolute Gasteiger partial charge is 0.404 e. The Labute approximate surface area is 198 Å². The van der Waals surface area contributed by atoms with Crippen molar-refractivity contribution in [3.8, 4) is 11.5 Å². The zero-order chi connectivity index (χ0) is 24.0. The van der Waals surface area contributed by atoms with Crippen molar-refractivity contribution in [1.29, 1.82) is 0 Å². The standard InChI is InChI=1S/C26H30N6O2/c1-16(31-13-12-19(15-31)27-25(33)34)18-9-11-22-29-30-24(32(22)14-18)21-10-8-17-6-5-7-20(23(17)28-21)26(2,3)4/h5-11,14,16,19,27H,12-13,15H2,1-4H3,(H,33,34)/t16?,19-/m0/s1. The Kier molecular flexibility index (Phi) is 5.48. The predicted octanol–water partition coefficient (Wildman–Crippen LogP) is 4.64. The number of para-hydroxylation sites is 1. The van der Waals surface area contributed by atoms with E-state index in [1.807, 2.05) is 16.5 Å². The second kappa shape index (κ2) is 8.36. The van der Waals surface area contributed by atoms with E-state index in [1.165, 1.54) is 5.56 Å². The number of hydrogen-bond donors (Lipinski definition) is 2. The van der Waals surface area contributed by atoms with Crippen LogP contribution in [0.1, 0.15) is 51.3 Å². The molecule has 176 valence electrons. The molecule has 1 fully saturated rings. The van der Waals surface area contributed by atoms with Crippen LogP contribution < -0.4 is 5.32 Å². The first kappa shape index (κ1) is 22.3. The van der Waals surface area contributed by atoms with Crippen molar-refractivity contribution >= 4 is 22.6 Å². The zero-order valence-electron chi connectivity index (χ0n) is 20.0. The number of hydrogen-bond acceptors (Lipinski definition) is 5. The molecule has 8 nitrogen and oxygen atoms in total. The van der Waals surface area contributed by atoms with Crippen molar-refractivity contribution in [3.05, 3.63) is 59.8 Å². The highest BCUT2D eigenvalue weighted by Gasteiger charge is 2.28. The quantitative estimate of drug-likeness (QED) is 0.462. The maximum Gasteiger partial charge on any atom is 0.404 e. The molecule has 0 bridgehead atoms. The Morgan fingerprint density at radius 2 is 1.97 bits per heavy atom. The van der Waals surface area contributed by atoms with Gasteiger partial charge < -0.3 is 10.4 Å². The molecule has 2 N–H and O–H groups in total. The van der Waals surface area contributed by atoms with E-state index >= 15 is 0 Å². The summed E-state index contributed by atoms with van der Waals surface area (Å²) in [4.78, 5) is 18.3. The second-order valence-corrected chi connectivity index (χ2v) is 10.1. The van der Waals surface area contributed by atoms with Gasteiger partial charge >= 0.3 is 6.09 Å². The molecule has 3 aromatic heterocycles. The summed E-state index contributed by atoms with van der Waals surface area (Å²) >= 11 is 0. The fourth-order valence-electron chi connectivity index (χ4n) is 4.85. The molecule has 1 aromatic carbocycles. The minimum absolute atomic E-state index is 0.0241. The molecule has 0 aliphatic carbocycles. The van der Waals surface area contributed by atoms with E-state index in [1.54, 1.807) is 0 Å². The Hall–Kier alpha value is -3.52. The largest absolute Gasteiger partial charge is 0.465 e. The number of benzene rings is 1. The lowest BCUT2D eigenvalue weighted by molar-refractivity contribution is 0.188. The van der Waals surface area contributed by atoms with Crippen molar-refractivity contribution in [1.82, 2.24) is 29.8 Å². The van der Waals surface area contributed by atoms with E-state index in [0.717, 1.165) is 40.8 Å². The molecule has 0 spiro atoms. The molecule has 4 aromatic rings. The van der Waals surface area contributed by atoms with Crippen molar-refractivity contribution in [2.24, 2.45) is 0 Å². The summed E-state index contributed by atoms with van der Waals surface area (Å²) in [6.07, 6.45) is 1.93. The van der Waals surface area contributed by atoms with Gasteiger partial charge in [-0.05, 0) is 42.0 Å². The molecule has 2 atom stereocenters. The third-order valence-electron chi connectivity index (χ3n) is 6.76. The van der Waals surface area contributed by atoms with Crippen molar-refractivity contribution < 1.29 is 9.90 Å². The van der Waals surface area contributed by atoms with E-state index in [2.05, 4.69) is 84.6 Å². The molecule has 4 heterocycles. The van der Waals surface area contributed by atoms with Crippen LogP contribution in [0.15, 0.2) is 48.7 Å². The van der Waals surface area contributed by atoms with Gasteiger partial charge in [0.1, 0.15) is 5.69 Å². The highest BCUT2D eigenvalue weighted by atomic mass is 16.4. The molecular weight excluding hydrogens is 428 g/mol. The van der Waals surface area contributed by atoms with Crippen molar-refractivity contribution in [3.63, 3.8) is 0 Å². The average Bonchev–Trinajstić information content (AvgIpc) is 3.43. The summed E-state index contributed by atoms with van der Waals surface area (Å²) in [5.74, 6) is 0.710. The zero-order valence-corrected chi connectivity index (χ0v) is 20.0. The molecule has 1 saturated heterocycles. The SMILES string of the molecule is CC(c1ccc2nnc(-c3ccc4cccc(C(C)(C)C)c4n3)n2c1)N1CC[C@H](NC(=O)O)C1. The summed E-state index contributed by atoms with van der Waals surface area (Å²) in [5.41, 5.74) is 4.85. The number of pyridine rings is 2. The number of aromatic nitrogens is 4. The molecule has 5 rings (SSSR count). The highest BCUT2D eigenvalue weighted by Crippen LogP contribution is 2.31. The number of carboxylic acid groups (broad SMARTS) is 1.